The van der Waals surface area contributed by atoms with Crippen LogP contribution in [0.4, 0.5) is 5.82 Å². The molecule has 1 aliphatic rings. The van der Waals surface area contributed by atoms with E-state index in [1.165, 1.54) is 6.20 Å². The van der Waals surface area contributed by atoms with Gasteiger partial charge in [-0.15, -0.1) is 0 Å². The lowest BCUT2D eigenvalue weighted by Crippen LogP contribution is -2.30. The van der Waals surface area contributed by atoms with Crippen molar-refractivity contribution in [1.29, 1.82) is 0 Å². The van der Waals surface area contributed by atoms with Crippen molar-refractivity contribution in [2.24, 2.45) is 0 Å². The third-order valence-corrected chi connectivity index (χ3v) is 5.76. The maximum Gasteiger partial charge on any atom is 0.245 e. The predicted octanol–water partition coefficient (Wildman–Crippen LogP) is 2.04. The molecule has 0 amide bonds. The molecule has 3 rings (SSSR count). The first kappa shape index (κ1) is 14.9. The van der Waals surface area contributed by atoms with Crippen molar-refractivity contribution < 1.29 is 8.42 Å². The summed E-state index contributed by atoms with van der Waals surface area (Å²) in [5.74, 6) is 0.739. The van der Waals surface area contributed by atoms with Crippen LogP contribution in [0.3, 0.4) is 0 Å². The van der Waals surface area contributed by atoms with Crippen molar-refractivity contribution in [3.05, 3.63) is 48.4 Å². The van der Waals surface area contributed by atoms with Crippen LogP contribution in [0.5, 0.6) is 0 Å². The molecule has 1 saturated heterocycles. The van der Waals surface area contributed by atoms with Gasteiger partial charge in [-0.2, -0.15) is 4.31 Å². The van der Waals surface area contributed by atoms with E-state index in [1.54, 1.807) is 35.9 Å². The molecule has 6 nitrogen and oxygen atoms in total. The Bertz CT molecular complexity index is 749. The van der Waals surface area contributed by atoms with Crippen molar-refractivity contribution in [3.8, 4) is 0 Å². The number of pyridine rings is 2. The van der Waals surface area contributed by atoms with Crippen LogP contribution in [-0.4, -0.2) is 36.3 Å². The lowest BCUT2D eigenvalue weighted by atomic mass is 10.1. The van der Waals surface area contributed by atoms with Gasteiger partial charge in [0.1, 0.15) is 10.7 Å². The largest absolute Gasteiger partial charge is 0.373 e. The summed E-state index contributed by atoms with van der Waals surface area (Å²) >= 11 is 0. The van der Waals surface area contributed by atoms with Crippen LogP contribution in [0.2, 0.25) is 0 Å². The van der Waals surface area contributed by atoms with E-state index in [0.29, 0.717) is 6.54 Å². The Hall–Kier alpha value is -1.99. The number of aromatic nitrogens is 2. The molecular weight excluding hydrogens is 300 g/mol. The third kappa shape index (κ3) is 2.69. The van der Waals surface area contributed by atoms with Crippen molar-refractivity contribution >= 4 is 15.8 Å². The molecule has 1 atom stereocenters. The average molecular weight is 318 g/mol. The summed E-state index contributed by atoms with van der Waals surface area (Å²) in [6.45, 7) is 0.527. The maximum atomic E-state index is 12.8. The topological polar surface area (TPSA) is 75.2 Å². The van der Waals surface area contributed by atoms with E-state index in [2.05, 4.69) is 15.3 Å². The minimum absolute atomic E-state index is 0.152. The molecule has 22 heavy (non-hydrogen) atoms. The van der Waals surface area contributed by atoms with Crippen LogP contribution in [0.1, 0.15) is 24.4 Å². The van der Waals surface area contributed by atoms with Gasteiger partial charge in [0.15, 0.2) is 0 Å². The Morgan fingerprint density at radius 3 is 2.91 bits per heavy atom. The number of nitrogens with zero attached hydrogens (tertiary/aromatic N) is 3. The highest BCUT2D eigenvalue weighted by Gasteiger charge is 2.36. The number of sulfonamides is 1. The normalized spacial score (nSPS) is 19.2. The lowest BCUT2D eigenvalue weighted by Gasteiger charge is -2.24. The van der Waals surface area contributed by atoms with Crippen LogP contribution < -0.4 is 5.32 Å². The van der Waals surface area contributed by atoms with E-state index in [-0.39, 0.29) is 10.9 Å². The zero-order valence-corrected chi connectivity index (χ0v) is 13.1. The monoisotopic (exact) mass is 318 g/mol. The summed E-state index contributed by atoms with van der Waals surface area (Å²) in [5.41, 5.74) is 0.962. The van der Waals surface area contributed by atoms with E-state index >= 15 is 0 Å². The summed E-state index contributed by atoms with van der Waals surface area (Å²) in [6, 6.07) is 6.86. The number of hydrogen-bond acceptors (Lipinski definition) is 5. The average Bonchev–Trinajstić information content (AvgIpc) is 3.06. The number of rotatable bonds is 4. The molecule has 0 radical (unpaired) electrons. The SMILES string of the molecule is CNc1cc(C2CCCN2S(=O)(=O)c2cccnc2)ccn1. The Morgan fingerprint density at radius 2 is 2.18 bits per heavy atom. The van der Waals surface area contributed by atoms with E-state index < -0.39 is 10.0 Å². The molecule has 116 valence electrons. The fraction of sp³-hybridized carbons (Fsp3) is 0.333. The van der Waals surface area contributed by atoms with Gasteiger partial charge in [0.25, 0.3) is 0 Å². The van der Waals surface area contributed by atoms with E-state index in [0.717, 1.165) is 24.2 Å². The Balaban J connectivity index is 1.96. The molecular formula is C15H18N4O2S. The molecule has 0 aliphatic carbocycles. The Labute approximate surface area is 130 Å². The standard InChI is InChI=1S/C15H18N4O2S/c1-16-15-10-12(6-8-18-15)14-5-3-9-19(14)22(20,21)13-4-2-7-17-11-13/h2,4,6-8,10-11,14H,3,5,9H2,1H3,(H,16,18). The van der Waals surface area contributed by atoms with Gasteiger partial charge >= 0.3 is 0 Å². The van der Waals surface area contributed by atoms with Crippen LogP contribution in [-0.2, 0) is 10.0 Å². The van der Waals surface area contributed by atoms with Gasteiger partial charge in [-0.3, -0.25) is 4.98 Å². The zero-order chi connectivity index (χ0) is 15.6. The zero-order valence-electron chi connectivity index (χ0n) is 12.3. The highest BCUT2D eigenvalue weighted by Crippen LogP contribution is 2.36. The summed E-state index contributed by atoms with van der Waals surface area (Å²) < 4.78 is 27.2. The fourth-order valence-electron chi connectivity index (χ4n) is 2.79. The maximum absolute atomic E-state index is 12.8. The summed E-state index contributed by atoms with van der Waals surface area (Å²) in [6.07, 6.45) is 6.33. The first-order valence-electron chi connectivity index (χ1n) is 7.18. The highest BCUT2D eigenvalue weighted by atomic mass is 32.2. The molecule has 3 heterocycles. The van der Waals surface area contributed by atoms with Gasteiger partial charge in [0.05, 0.1) is 6.04 Å². The Kier molecular flexibility index (Phi) is 4.08. The molecule has 1 fully saturated rings. The summed E-state index contributed by atoms with van der Waals surface area (Å²) in [4.78, 5) is 8.35. The number of anilines is 1. The van der Waals surface area contributed by atoms with Crippen LogP contribution in [0.25, 0.3) is 0 Å². The Morgan fingerprint density at radius 1 is 1.32 bits per heavy atom. The number of hydrogen-bond donors (Lipinski definition) is 1. The molecule has 1 unspecified atom stereocenters. The first-order valence-corrected chi connectivity index (χ1v) is 8.62. The highest BCUT2D eigenvalue weighted by molar-refractivity contribution is 7.89. The molecule has 1 N–H and O–H groups in total. The van der Waals surface area contributed by atoms with Crippen molar-refractivity contribution in [2.45, 2.75) is 23.8 Å². The van der Waals surface area contributed by atoms with Crippen molar-refractivity contribution in [2.75, 3.05) is 18.9 Å². The molecule has 0 bridgehead atoms. The predicted molar refractivity (Wildman–Crippen MR) is 83.9 cm³/mol. The van der Waals surface area contributed by atoms with E-state index in [9.17, 15) is 8.42 Å². The van der Waals surface area contributed by atoms with Crippen molar-refractivity contribution in [3.63, 3.8) is 0 Å². The fourth-order valence-corrected chi connectivity index (χ4v) is 4.43. The van der Waals surface area contributed by atoms with Gasteiger partial charge in [0, 0.05) is 32.2 Å². The minimum Gasteiger partial charge on any atom is -0.373 e. The van der Waals surface area contributed by atoms with E-state index in [1.807, 2.05) is 12.1 Å². The van der Waals surface area contributed by atoms with Crippen molar-refractivity contribution in [1.82, 2.24) is 14.3 Å². The second kappa shape index (κ2) is 6.02. The molecule has 1 aliphatic heterocycles. The number of nitrogens with one attached hydrogen (secondary N) is 1. The molecule has 2 aromatic rings. The molecule has 0 saturated carbocycles. The van der Waals surface area contributed by atoms with Crippen LogP contribution in [0, 0.1) is 0 Å². The van der Waals surface area contributed by atoms with E-state index in [4.69, 9.17) is 0 Å². The molecule has 7 heteroatoms. The van der Waals surface area contributed by atoms with Gasteiger partial charge < -0.3 is 5.32 Å². The van der Waals surface area contributed by atoms with Gasteiger partial charge in [0.2, 0.25) is 10.0 Å². The van der Waals surface area contributed by atoms with Crippen LogP contribution in [0.15, 0.2) is 47.8 Å². The lowest BCUT2D eigenvalue weighted by molar-refractivity contribution is 0.396. The van der Waals surface area contributed by atoms with Gasteiger partial charge in [-0.1, -0.05) is 0 Å². The van der Waals surface area contributed by atoms with Crippen LogP contribution >= 0.6 is 0 Å². The first-order chi connectivity index (χ1) is 10.6. The second-order valence-electron chi connectivity index (χ2n) is 5.19. The summed E-state index contributed by atoms with van der Waals surface area (Å²) in [7, 11) is -1.73. The minimum atomic E-state index is -3.53. The third-order valence-electron chi connectivity index (χ3n) is 3.87. The van der Waals surface area contributed by atoms with Gasteiger partial charge in [-0.25, -0.2) is 13.4 Å². The second-order valence-corrected chi connectivity index (χ2v) is 7.08. The quantitative estimate of drug-likeness (QED) is 0.934. The molecule has 0 spiro atoms. The smallest absolute Gasteiger partial charge is 0.245 e. The summed E-state index contributed by atoms with van der Waals surface area (Å²) in [5, 5.41) is 2.99. The molecule has 0 aromatic carbocycles. The molecule has 2 aromatic heterocycles. The van der Waals surface area contributed by atoms with Gasteiger partial charge in [-0.05, 0) is 42.7 Å².